The van der Waals surface area contributed by atoms with Crippen molar-refractivity contribution in [3.05, 3.63) is 53.6 Å². The van der Waals surface area contributed by atoms with Crippen LogP contribution < -0.4 is 10.2 Å². The summed E-state index contributed by atoms with van der Waals surface area (Å²) in [5.74, 6) is -0.0688. The molecule has 2 aromatic carbocycles. The van der Waals surface area contributed by atoms with Crippen molar-refractivity contribution in [3.8, 4) is 0 Å². The number of rotatable bonds is 4. The second kappa shape index (κ2) is 7.46. The van der Waals surface area contributed by atoms with E-state index in [1.54, 1.807) is 11.3 Å². The number of carbonyl (C=O) groups is 1. The lowest BCUT2D eigenvalue weighted by Gasteiger charge is -2.25. The predicted molar refractivity (Wildman–Crippen MR) is 109 cm³/mol. The van der Waals surface area contributed by atoms with Crippen LogP contribution in [0, 0.1) is 0 Å². The van der Waals surface area contributed by atoms with Crippen LogP contribution in [0.3, 0.4) is 0 Å². The van der Waals surface area contributed by atoms with Gasteiger partial charge in [0, 0.05) is 24.3 Å². The Morgan fingerprint density at radius 3 is 2.77 bits per heavy atom. The summed E-state index contributed by atoms with van der Waals surface area (Å²) in [6, 6.07) is 13.7. The van der Waals surface area contributed by atoms with Crippen LogP contribution >= 0.6 is 11.3 Å². The minimum atomic E-state index is -0.0688. The van der Waals surface area contributed by atoms with Crippen molar-refractivity contribution < 1.29 is 4.79 Å². The summed E-state index contributed by atoms with van der Waals surface area (Å²) in [5.41, 5.74) is 3.68. The molecule has 1 amide bonds. The SMILES string of the molecule is CCc1ccccc1NC(=O)c1ccc2nc(N3CCCCC3)sc2c1. The minimum absolute atomic E-state index is 0.0688. The molecule has 5 heteroatoms. The fourth-order valence-electron chi connectivity index (χ4n) is 3.42. The molecule has 1 aliphatic heterocycles. The Morgan fingerprint density at radius 1 is 1.15 bits per heavy atom. The van der Waals surface area contributed by atoms with E-state index in [1.807, 2.05) is 42.5 Å². The van der Waals surface area contributed by atoms with E-state index in [9.17, 15) is 4.79 Å². The molecule has 0 atom stereocenters. The van der Waals surface area contributed by atoms with Crippen LogP contribution in [-0.2, 0) is 6.42 Å². The Kier molecular flexibility index (Phi) is 4.89. The average Bonchev–Trinajstić information content (AvgIpc) is 3.12. The standard InChI is InChI=1S/C21H23N3OS/c1-2-15-8-4-5-9-17(15)22-20(25)16-10-11-18-19(14-16)26-21(23-18)24-12-6-3-7-13-24/h4-5,8-11,14H,2-3,6-7,12-13H2,1H3,(H,22,25). The van der Waals surface area contributed by atoms with Crippen molar-refractivity contribution in [2.24, 2.45) is 0 Å². The van der Waals surface area contributed by atoms with E-state index in [-0.39, 0.29) is 5.91 Å². The van der Waals surface area contributed by atoms with Gasteiger partial charge in [-0.2, -0.15) is 0 Å². The van der Waals surface area contributed by atoms with E-state index < -0.39 is 0 Å². The zero-order chi connectivity index (χ0) is 17.9. The Labute approximate surface area is 157 Å². The third kappa shape index (κ3) is 3.44. The highest BCUT2D eigenvalue weighted by Gasteiger charge is 2.16. The Hall–Kier alpha value is -2.40. The van der Waals surface area contributed by atoms with E-state index in [2.05, 4.69) is 17.1 Å². The maximum atomic E-state index is 12.7. The molecule has 0 radical (unpaired) electrons. The molecule has 0 aliphatic carbocycles. The molecule has 134 valence electrons. The first-order valence-electron chi connectivity index (χ1n) is 9.29. The van der Waals surface area contributed by atoms with Crippen molar-refractivity contribution in [2.45, 2.75) is 32.6 Å². The van der Waals surface area contributed by atoms with Gasteiger partial charge in [0.15, 0.2) is 5.13 Å². The number of para-hydroxylation sites is 1. The van der Waals surface area contributed by atoms with Crippen LogP contribution in [0.15, 0.2) is 42.5 Å². The normalized spacial score (nSPS) is 14.6. The number of aryl methyl sites for hydroxylation is 1. The van der Waals surface area contributed by atoms with Gasteiger partial charge in [-0.05, 0) is 55.5 Å². The van der Waals surface area contributed by atoms with Crippen molar-refractivity contribution in [1.82, 2.24) is 4.98 Å². The van der Waals surface area contributed by atoms with Gasteiger partial charge in [-0.3, -0.25) is 4.79 Å². The minimum Gasteiger partial charge on any atom is -0.348 e. The van der Waals surface area contributed by atoms with Gasteiger partial charge in [0.2, 0.25) is 0 Å². The number of aromatic nitrogens is 1. The summed E-state index contributed by atoms with van der Waals surface area (Å²) in [4.78, 5) is 19.8. The first-order chi connectivity index (χ1) is 12.7. The molecule has 0 unspecified atom stereocenters. The molecule has 4 nitrogen and oxygen atoms in total. The lowest BCUT2D eigenvalue weighted by molar-refractivity contribution is 0.102. The zero-order valence-corrected chi connectivity index (χ0v) is 15.8. The molecule has 2 heterocycles. The number of benzene rings is 2. The number of anilines is 2. The summed E-state index contributed by atoms with van der Waals surface area (Å²) in [7, 11) is 0. The van der Waals surface area contributed by atoms with Crippen molar-refractivity contribution >= 4 is 38.3 Å². The summed E-state index contributed by atoms with van der Waals surface area (Å²) in [5, 5.41) is 4.12. The highest BCUT2D eigenvalue weighted by molar-refractivity contribution is 7.22. The molecule has 3 aromatic rings. The molecule has 0 bridgehead atoms. The van der Waals surface area contributed by atoms with Crippen LogP contribution in [0.25, 0.3) is 10.2 Å². The van der Waals surface area contributed by atoms with Crippen LogP contribution in [-0.4, -0.2) is 24.0 Å². The number of piperidine rings is 1. The van der Waals surface area contributed by atoms with Gasteiger partial charge in [-0.15, -0.1) is 0 Å². The van der Waals surface area contributed by atoms with E-state index >= 15 is 0 Å². The number of hydrogen-bond donors (Lipinski definition) is 1. The molecule has 1 N–H and O–H groups in total. The van der Waals surface area contributed by atoms with Crippen molar-refractivity contribution in [1.29, 1.82) is 0 Å². The molecule has 0 saturated carbocycles. The van der Waals surface area contributed by atoms with E-state index in [1.165, 1.54) is 19.3 Å². The summed E-state index contributed by atoms with van der Waals surface area (Å²) in [6.07, 6.45) is 4.68. The fraction of sp³-hybridized carbons (Fsp3) is 0.333. The predicted octanol–water partition coefficient (Wildman–Crippen LogP) is 5.10. The molecule has 26 heavy (non-hydrogen) atoms. The van der Waals surface area contributed by atoms with Gasteiger partial charge < -0.3 is 10.2 Å². The number of hydrogen-bond acceptors (Lipinski definition) is 4. The number of nitrogens with one attached hydrogen (secondary N) is 1. The quantitative estimate of drug-likeness (QED) is 0.699. The van der Waals surface area contributed by atoms with Crippen molar-refractivity contribution in [3.63, 3.8) is 0 Å². The smallest absolute Gasteiger partial charge is 0.255 e. The summed E-state index contributed by atoms with van der Waals surface area (Å²) < 4.78 is 1.07. The van der Waals surface area contributed by atoms with Gasteiger partial charge in [-0.1, -0.05) is 36.5 Å². The molecule has 1 aromatic heterocycles. The van der Waals surface area contributed by atoms with Gasteiger partial charge in [-0.25, -0.2) is 4.98 Å². The van der Waals surface area contributed by atoms with Gasteiger partial charge >= 0.3 is 0 Å². The van der Waals surface area contributed by atoms with Gasteiger partial charge in [0.05, 0.1) is 10.2 Å². The fourth-order valence-corrected chi connectivity index (χ4v) is 4.48. The molecule has 4 rings (SSSR count). The Bertz CT molecular complexity index is 928. The van der Waals surface area contributed by atoms with E-state index in [0.717, 1.165) is 46.1 Å². The van der Waals surface area contributed by atoms with Crippen LogP contribution in [0.2, 0.25) is 0 Å². The number of fused-ring (bicyclic) bond motifs is 1. The summed E-state index contributed by atoms with van der Waals surface area (Å²) >= 11 is 1.68. The zero-order valence-electron chi connectivity index (χ0n) is 15.0. The lowest BCUT2D eigenvalue weighted by Crippen LogP contribution is -2.29. The second-order valence-electron chi connectivity index (χ2n) is 6.69. The highest BCUT2D eigenvalue weighted by atomic mass is 32.1. The van der Waals surface area contributed by atoms with Crippen LogP contribution in [0.1, 0.15) is 42.1 Å². The topological polar surface area (TPSA) is 45.2 Å². The number of nitrogens with zero attached hydrogens (tertiary/aromatic N) is 2. The number of amides is 1. The molecule has 0 spiro atoms. The van der Waals surface area contributed by atoms with Crippen LogP contribution in [0.5, 0.6) is 0 Å². The maximum absolute atomic E-state index is 12.7. The number of carbonyl (C=O) groups excluding carboxylic acids is 1. The van der Waals surface area contributed by atoms with Gasteiger partial charge in [0.1, 0.15) is 0 Å². The Balaban J connectivity index is 1.57. The molecule has 1 fully saturated rings. The molecular formula is C21H23N3OS. The van der Waals surface area contributed by atoms with Crippen LogP contribution in [0.4, 0.5) is 10.8 Å². The first-order valence-corrected chi connectivity index (χ1v) is 10.1. The number of thiazole rings is 1. The van der Waals surface area contributed by atoms with Crippen molar-refractivity contribution in [2.75, 3.05) is 23.3 Å². The molecule has 1 saturated heterocycles. The molecular weight excluding hydrogens is 342 g/mol. The first kappa shape index (κ1) is 17.0. The second-order valence-corrected chi connectivity index (χ2v) is 7.70. The monoisotopic (exact) mass is 365 g/mol. The Morgan fingerprint density at radius 2 is 1.96 bits per heavy atom. The third-order valence-corrected chi connectivity index (χ3v) is 5.99. The molecule has 1 aliphatic rings. The summed E-state index contributed by atoms with van der Waals surface area (Å²) in [6.45, 7) is 4.26. The van der Waals surface area contributed by atoms with Gasteiger partial charge in [0.25, 0.3) is 5.91 Å². The van der Waals surface area contributed by atoms with E-state index in [4.69, 9.17) is 4.98 Å². The maximum Gasteiger partial charge on any atom is 0.255 e. The largest absolute Gasteiger partial charge is 0.348 e. The third-order valence-electron chi connectivity index (χ3n) is 4.91. The average molecular weight is 366 g/mol. The lowest BCUT2D eigenvalue weighted by atomic mass is 10.1. The van der Waals surface area contributed by atoms with E-state index in [0.29, 0.717) is 5.56 Å². The highest BCUT2D eigenvalue weighted by Crippen LogP contribution is 2.31.